The number of nitrogens with zero attached hydrogens (tertiary/aromatic N) is 1. The fourth-order valence-corrected chi connectivity index (χ4v) is 1.33. The van der Waals surface area contributed by atoms with Gasteiger partial charge in [-0.1, -0.05) is 12.1 Å². The van der Waals surface area contributed by atoms with Gasteiger partial charge in [-0.2, -0.15) is 0 Å². The summed E-state index contributed by atoms with van der Waals surface area (Å²) in [6.07, 6.45) is 1.79. The van der Waals surface area contributed by atoms with Crippen molar-refractivity contribution in [2.45, 2.75) is 0 Å². The first-order valence-electron chi connectivity index (χ1n) is 4.13. The third-order valence-electron chi connectivity index (χ3n) is 2.05. The predicted molar refractivity (Wildman–Crippen MR) is 55.7 cm³/mol. The molecule has 66 valence electrons. The highest BCUT2D eigenvalue weighted by Gasteiger charge is 1.98. The Kier molecular flexibility index (Phi) is 1.77. The van der Waals surface area contributed by atoms with Crippen LogP contribution in [0.15, 0.2) is 30.5 Å². The summed E-state index contributed by atoms with van der Waals surface area (Å²) in [5.74, 6) is 0.859. The monoisotopic (exact) mass is 173 g/mol. The number of nitrogens with one attached hydrogen (secondary N) is 1. The molecule has 0 aliphatic carbocycles. The summed E-state index contributed by atoms with van der Waals surface area (Å²) < 4.78 is 0. The van der Waals surface area contributed by atoms with Gasteiger partial charge in [0.25, 0.3) is 0 Å². The zero-order valence-corrected chi connectivity index (χ0v) is 7.41. The third kappa shape index (κ3) is 1.28. The van der Waals surface area contributed by atoms with Gasteiger partial charge in [-0.15, -0.1) is 0 Å². The molecule has 0 bridgehead atoms. The summed E-state index contributed by atoms with van der Waals surface area (Å²) in [6.45, 7) is 0. The fraction of sp³-hybridized carbons (Fsp3) is 0.100. The summed E-state index contributed by atoms with van der Waals surface area (Å²) in [4.78, 5) is 4.20. The average molecular weight is 173 g/mol. The van der Waals surface area contributed by atoms with Crippen molar-refractivity contribution >= 4 is 22.3 Å². The molecule has 3 N–H and O–H groups in total. The van der Waals surface area contributed by atoms with Crippen molar-refractivity contribution in [1.29, 1.82) is 0 Å². The van der Waals surface area contributed by atoms with E-state index in [1.54, 1.807) is 6.20 Å². The molecule has 0 unspecified atom stereocenters. The number of rotatable bonds is 1. The van der Waals surface area contributed by atoms with Crippen LogP contribution in [0.5, 0.6) is 0 Å². The highest BCUT2D eigenvalue weighted by Crippen LogP contribution is 2.21. The number of pyridine rings is 1. The molecule has 0 radical (unpaired) electrons. The molecule has 0 aliphatic heterocycles. The number of benzene rings is 1. The second kappa shape index (κ2) is 2.94. The maximum absolute atomic E-state index is 5.79. The van der Waals surface area contributed by atoms with Crippen LogP contribution in [0, 0.1) is 0 Å². The van der Waals surface area contributed by atoms with Crippen molar-refractivity contribution in [3.63, 3.8) is 0 Å². The van der Waals surface area contributed by atoms with E-state index >= 15 is 0 Å². The van der Waals surface area contributed by atoms with Gasteiger partial charge >= 0.3 is 0 Å². The van der Waals surface area contributed by atoms with Gasteiger partial charge in [0, 0.05) is 24.3 Å². The summed E-state index contributed by atoms with van der Waals surface area (Å²) in [7, 11) is 1.85. The number of fused-ring (bicyclic) bond motifs is 1. The highest BCUT2D eigenvalue weighted by atomic mass is 14.9. The first-order chi connectivity index (χ1) is 6.31. The van der Waals surface area contributed by atoms with E-state index in [9.17, 15) is 0 Å². The van der Waals surface area contributed by atoms with Crippen LogP contribution < -0.4 is 11.1 Å². The van der Waals surface area contributed by atoms with Gasteiger partial charge in [-0.05, 0) is 17.5 Å². The van der Waals surface area contributed by atoms with Crippen LogP contribution in [0.25, 0.3) is 10.8 Å². The molecule has 0 fully saturated rings. The molecule has 2 rings (SSSR count). The first kappa shape index (κ1) is 7.86. The molecule has 1 aromatic carbocycles. The van der Waals surface area contributed by atoms with Crippen molar-refractivity contribution in [2.75, 3.05) is 18.1 Å². The molecule has 3 heteroatoms. The average Bonchev–Trinajstić information content (AvgIpc) is 2.18. The lowest BCUT2D eigenvalue weighted by molar-refractivity contribution is 1.31. The first-order valence-corrected chi connectivity index (χ1v) is 4.13. The lowest BCUT2D eigenvalue weighted by Gasteiger charge is -2.03. The minimum atomic E-state index is 0.771. The van der Waals surface area contributed by atoms with Crippen LogP contribution in [0.1, 0.15) is 0 Å². The number of hydrogen-bond acceptors (Lipinski definition) is 3. The van der Waals surface area contributed by atoms with Crippen molar-refractivity contribution in [3.8, 4) is 0 Å². The van der Waals surface area contributed by atoms with Gasteiger partial charge in [0.15, 0.2) is 0 Å². The summed E-state index contributed by atoms with van der Waals surface area (Å²) in [5, 5.41) is 5.10. The normalized spacial score (nSPS) is 10.2. The van der Waals surface area contributed by atoms with Crippen LogP contribution in [0.2, 0.25) is 0 Å². The molecule has 1 aromatic heterocycles. The maximum Gasteiger partial charge on any atom is 0.126 e. The molecule has 0 spiro atoms. The van der Waals surface area contributed by atoms with E-state index in [0.29, 0.717) is 0 Å². The second-order valence-corrected chi connectivity index (χ2v) is 2.89. The minimum absolute atomic E-state index is 0.771. The Labute approximate surface area is 76.6 Å². The van der Waals surface area contributed by atoms with E-state index in [2.05, 4.69) is 10.3 Å². The van der Waals surface area contributed by atoms with Crippen molar-refractivity contribution in [2.24, 2.45) is 0 Å². The maximum atomic E-state index is 5.79. The lowest BCUT2D eigenvalue weighted by atomic mass is 10.1. The molecule has 13 heavy (non-hydrogen) atoms. The largest absolute Gasteiger partial charge is 0.398 e. The van der Waals surface area contributed by atoms with Crippen LogP contribution in [0.4, 0.5) is 11.5 Å². The molecule has 3 nitrogen and oxygen atoms in total. The predicted octanol–water partition coefficient (Wildman–Crippen LogP) is 1.86. The van der Waals surface area contributed by atoms with Gasteiger partial charge in [0.2, 0.25) is 0 Å². The van der Waals surface area contributed by atoms with E-state index in [1.165, 1.54) is 0 Å². The number of hydrogen-bond donors (Lipinski definition) is 2. The Morgan fingerprint density at radius 3 is 3.00 bits per heavy atom. The smallest absolute Gasteiger partial charge is 0.126 e. The molecule has 0 aliphatic rings. The fourth-order valence-electron chi connectivity index (χ4n) is 1.33. The lowest BCUT2D eigenvalue weighted by Crippen LogP contribution is -1.93. The van der Waals surface area contributed by atoms with E-state index in [0.717, 1.165) is 22.3 Å². The van der Waals surface area contributed by atoms with Gasteiger partial charge in [-0.25, -0.2) is 4.98 Å². The standard InChI is InChI=1S/C10H11N3/c1-12-10-5-7-3-2-4-9(11)8(7)6-13-10/h2-6H,11H2,1H3,(H,12,13). The summed E-state index contributed by atoms with van der Waals surface area (Å²) in [6, 6.07) is 7.82. The number of aromatic nitrogens is 1. The topological polar surface area (TPSA) is 50.9 Å². The summed E-state index contributed by atoms with van der Waals surface area (Å²) in [5.41, 5.74) is 6.56. The van der Waals surface area contributed by atoms with E-state index in [-0.39, 0.29) is 0 Å². The summed E-state index contributed by atoms with van der Waals surface area (Å²) >= 11 is 0. The zero-order valence-electron chi connectivity index (χ0n) is 7.41. The van der Waals surface area contributed by atoms with Crippen molar-refractivity contribution < 1.29 is 0 Å². The van der Waals surface area contributed by atoms with Gasteiger partial charge in [-0.3, -0.25) is 0 Å². The van der Waals surface area contributed by atoms with E-state index < -0.39 is 0 Å². The molecular formula is C10H11N3. The quantitative estimate of drug-likeness (QED) is 0.647. The molecule has 0 saturated heterocycles. The molecule has 2 aromatic rings. The second-order valence-electron chi connectivity index (χ2n) is 2.89. The van der Waals surface area contributed by atoms with Crippen LogP contribution in [0.3, 0.4) is 0 Å². The van der Waals surface area contributed by atoms with E-state index in [4.69, 9.17) is 5.73 Å². The number of nitrogens with two attached hydrogens (primary N) is 1. The zero-order chi connectivity index (χ0) is 9.26. The number of nitrogen functional groups attached to an aromatic ring is 1. The van der Waals surface area contributed by atoms with Gasteiger partial charge in [0.05, 0.1) is 0 Å². The Bertz CT molecular complexity index is 437. The molecule has 0 amide bonds. The molecule has 1 heterocycles. The van der Waals surface area contributed by atoms with Crippen LogP contribution >= 0.6 is 0 Å². The van der Waals surface area contributed by atoms with E-state index in [1.807, 2.05) is 31.3 Å². The van der Waals surface area contributed by atoms with Crippen LogP contribution in [-0.4, -0.2) is 12.0 Å². The highest BCUT2D eigenvalue weighted by molar-refractivity contribution is 5.93. The molecule has 0 saturated carbocycles. The molecular weight excluding hydrogens is 162 g/mol. The third-order valence-corrected chi connectivity index (χ3v) is 2.05. The SMILES string of the molecule is CNc1cc2cccc(N)c2cn1. The van der Waals surface area contributed by atoms with Crippen molar-refractivity contribution in [1.82, 2.24) is 4.98 Å². The van der Waals surface area contributed by atoms with Gasteiger partial charge in [0.1, 0.15) is 5.82 Å². The van der Waals surface area contributed by atoms with Crippen molar-refractivity contribution in [3.05, 3.63) is 30.5 Å². The molecule has 0 atom stereocenters. The van der Waals surface area contributed by atoms with Gasteiger partial charge < -0.3 is 11.1 Å². The Balaban J connectivity index is 2.72. The Morgan fingerprint density at radius 2 is 2.23 bits per heavy atom. The minimum Gasteiger partial charge on any atom is -0.398 e. The Hall–Kier alpha value is -1.77. The Morgan fingerprint density at radius 1 is 1.38 bits per heavy atom. The van der Waals surface area contributed by atoms with Crippen LogP contribution in [-0.2, 0) is 0 Å². The number of anilines is 2.